The lowest BCUT2D eigenvalue weighted by atomic mass is 10.0. The zero-order chi connectivity index (χ0) is 19.8. The number of aromatic nitrogens is 3. The van der Waals surface area contributed by atoms with Crippen LogP contribution in [0.25, 0.3) is 27.7 Å². The fraction of sp³-hybridized carbons (Fsp3) is 0. The smallest absolute Gasteiger partial charge is 0.336 e. The van der Waals surface area contributed by atoms with E-state index in [1.807, 2.05) is 46.9 Å². The van der Waals surface area contributed by atoms with Crippen LogP contribution < -0.4 is 0 Å². The lowest BCUT2D eigenvalue weighted by molar-refractivity contribution is 0.0693. The van der Waals surface area contributed by atoms with Gasteiger partial charge in [-0.1, -0.05) is 60.3 Å². The second kappa shape index (κ2) is 7.07. The Hall–Kier alpha value is -3.64. The fourth-order valence-electron chi connectivity index (χ4n) is 3.45. The van der Waals surface area contributed by atoms with Crippen LogP contribution in [0, 0.1) is 0 Å². The topological polar surface area (TPSA) is 67.5 Å². The van der Waals surface area contributed by atoms with Crippen molar-refractivity contribution in [3.63, 3.8) is 0 Å². The SMILES string of the molecule is O=C(O)c1ccccc1Sc1ccc2c(-c3ccccc3)cc3nncn3c2c1. The van der Waals surface area contributed by atoms with Gasteiger partial charge in [-0.25, -0.2) is 4.79 Å². The summed E-state index contributed by atoms with van der Waals surface area (Å²) in [7, 11) is 0. The maximum absolute atomic E-state index is 11.5. The molecule has 140 valence electrons. The molecule has 2 aromatic heterocycles. The first kappa shape index (κ1) is 17.5. The molecule has 1 N–H and O–H groups in total. The first-order chi connectivity index (χ1) is 14.2. The third kappa shape index (κ3) is 3.13. The molecule has 2 heterocycles. The molecule has 3 aromatic carbocycles. The number of pyridine rings is 1. The number of carboxylic acids is 1. The van der Waals surface area contributed by atoms with Gasteiger partial charge in [-0.2, -0.15) is 0 Å². The molecule has 5 rings (SSSR count). The van der Waals surface area contributed by atoms with E-state index in [-0.39, 0.29) is 0 Å². The van der Waals surface area contributed by atoms with Crippen molar-refractivity contribution in [2.75, 3.05) is 0 Å². The third-order valence-corrected chi connectivity index (χ3v) is 5.86. The molecule has 0 amide bonds. The van der Waals surface area contributed by atoms with E-state index < -0.39 is 5.97 Å². The van der Waals surface area contributed by atoms with E-state index in [4.69, 9.17) is 0 Å². The Morgan fingerprint density at radius 3 is 2.55 bits per heavy atom. The van der Waals surface area contributed by atoms with Crippen LogP contribution in [-0.4, -0.2) is 25.7 Å². The summed E-state index contributed by atoms with van der Waals surface area (Å²) in [5, 5.41) is 18.8. The van der Waals surface area contributed by atoms with Crippen LogP contribution in [0.5, 0.6) is 0 Å². The van der Waals surface area contributed by atoms with Gasteiger partial charge in [-0.05, 0) is 41.5 Å². The maximum atomic E-state index is 11.5. The molecule has 0 radical (unpaired) electrons. The lowest BCUT2D eigenvalue weighted by Gasteiger charge is -2.11. The first-order valence-corrected chi connectivity index (χ1v) is 9.84. The summed E-state index contributed by atoms with van der Waals surface area (Å²) in [5.41, 5.74) is 4.24. The molecule has 0 aliphatic heterocycles. The summed E-state index contributed by atoms with van der Waals surface area (Å²) >= 11 is 1.44. The monoisotopic (exact) mass is 397 g/mol. The molecule has 0 saturated carbocycles. The predicted molar refractivity (Wildman–Crippen MR) is 113 cm³/mol. The van der Waals surface area contributed by atoms with Gasteiger partial charge in [0.1, 0.15) is 6.33 Å². The molecule has 0 saturated heterocycles. The second-order valence-electron chi connectivity index (χ2n) is 6.57. The Kier molecular flexibility index (Phi) is 4.26. The van der Waals surface area contributed by atoms with E-state index in [1.165, 1.54) is 11.8 Å². The molecule has 0 atom stereocenters. The van der Waals surface area contributed by atoms with E-state index in [0.29, 0.717) is 10.5 Å². The molecule has 29 heavy (non-hydrogen) atoms. The summed E-state index contributed by atoms with van der Waals surface area (Å²) in [6.07, 6.45) is 1.70. The summed E-state index contributed by atoms with van der Waals surface area (Å²) in [6, 6.07) is 25.4. The number of aromatic carboxylic acids is 1. The zero-order valence-electron chi connectivity index (χ0n) is 15.2. The van der Waals surface area contributed by atoms with Gasteiger partial charge in [0.2, 0.25) is 0 Å². The van der Waals surface area contributed by atoms with Crippen LogP contribution in [0.2, 0.25) is 0 Å². The van der Waals surface area contributed by atoms with Crippen molar-refractivity contribution in [2.24, 2.45) is 0 Å². The minimum atomic E-state index is -0.929. The second-order valence-corrected chi connectivity index (χ2v) is 7.68. The first-order valence-electron chi connectivity index (χ1n) is 9.03. The highest BCUT2D eigenvalue weighted by atomic mass is 32.2. The number of rotatable bonds is 4. The van der Waals surface area contributed by atoms with E-state index in [2.05, 4.69) is 34.5 Å². The van der Waals surface area contributed by atoms with Crippen molar-refractivity contribution in [1.29, 1.82) is 0 Å². The van der Waals surface area contributed by atoms with Crippen LogP contribution >= 0.6 is 11.8 Å². The number of hydrogen-bond acceptors (Lipinski definition) is 4. The van der Waals surface area contributed by atoms with Crippen molar-refractivity contribution in [2.45, 2.75) is 9.79 Å². The van der Waals surface area contributed by atoms with Crippen LogP contribution in [0.4, 0.5) is 0 Å². The molecule has 5 nitrogen and oxygen atoms in total. The number of nitrogens with zero attached hydrogens (tertiary/aromatic N) is 3. The molecule has 5 aromatic rings. The summed E-state index contributed by atoms with van der Waals surface area (Å²) in [5.74, 6) is -0.929. The number of benzene rings is 3. The molecular weight excluding hydrogens is 382 g/mol. The van der Waals surface area contributed by atoms with Crippen molar-refractivity contribution >= 4 is 34.3 Å². The molecule has 6 heteroatoms. The third-order valence-electron chi connectivity index (χ3n) is 4.80. The number of fused-ring (bicyclic) bond motifs is 3. The number of carboxylic acid groups (broad SMARTS) is 1. The minimum absolute atomic E-state index is 0.296. The highest BCUT2D eigenvalue weighted by molar-refractivity contribution is 7.99. The average molecular weight is 397 g/mol. The van der Waals surface area contributed by atoms with Crippen molar-refractivity contribution in [3.05, 3.63) is 90.8 Å². The Morgan fingerprint density at radius 1 is 0.931 bits per heavy atom. The number of carbonyl (C=O) groups is 1. The van der Waals surface area contributed by atoms with Gasteiger partial charge in [0, 0.05) is 15.2 Å². The van der Waals surface area contributed by atoms with Gasteiger partial charge >= 0.3 is 5.97 Å². The normalized spacial score (nSPS) is 11.2. The lowest BCUT2D eigenvalue weighted by Crippen LogP contribution is -1.98. The maximum Gasteiger partial charge on any atom is 0.336 e. The minimum Gasteiger partial charge on any atom is -0.478 e. The number of hydrogen-bond donors (Lipinski definition) is 1. The van der Waals surface area contributed by atoms with Crippen molar-refractivity contribution < 1.29 is 9.90 Å². The average Bonchev–Trinajstić information content (AvgIpc) is 3.23. The Bertz CT molecular complexity index is 1360. The van der Waals surface area contributed by atoms with Gasteiger partial charge in [-0.15, -0.1) is 10.2 Å². The van der Waals surface area contributed by atoms with Crippen molar-refractivity contribution in [1.82, 2.24) is 14.6 Å². The summed E-state index contributed by atoms with van der Waals surface area (Å²) in [4.78, 5) is 13.2. The Labute approximate surface area is 170 Å². The van der Waals surface area contributed by atoms with Gasteiger partial charge in [0.05, 0.1) is 11.1 Å². The van der Waals surface area contributed by atoms with Crippen LogP contribution in [-0.2, 0) is 0 Å². The highest BCUT2D eigenvalue weighted by Crippen LogP contribution is 2.36. The van der Waals surface area contributed by atoms with Gasteiger partial charge in [-0.3, -0.25) is 4.40 Å². The Morgan fingerprint density at radius 2 is 1.72 bits per heavy atom. The largest absolute Gasteiger partial charge is 0.478 e. The van der Waals surface area contributed by atoms with Crippen molar-refractivity contribution in [3.8, 4) is 11.1 Å². The molecule has 0 fully saturated rings. The highest BCUT2D eigenvalue weighted by Gasteiger charge is 2.13. The van der Waals surface area contributed by atoms with E-state index >= 15 is 0 Å². The predicted octanol–water partition coefficient (Wildman–Crippen LogP) is 5.40. The van der Waals surface area contributed by atoms with E-state index in [0.717, 1.165) is 32.6 Å². The Balaban J connectivity index is 1.69. The standard InChI is InChI=1S/C23H15N3O2S/c27-23(28)18-8-4-5-9-21(18)29-16-10-11-17-19(15-6-2-1-3-7-15)13-22-25-24-14-26(22)20(17)12-16/h1-14H,(H,27,28). The molecule has 0 bridgehead atoms. The van der Waals surface area contributed by atoms with E-state index in [9.17, 15) is 9.90 Å². The van der Waals surface area contributed by atoms with Gasteiger partial charge in [0.15, 0.2) is 5.65 Å². The molecule has 0 spiro atoms. The molecule has 0 unspecified atom stereocenters. The summed E-state index contributed by atoms with van der Waals surface area (Å²) < 4.78 is 1.95. The fourth-order valence-corrected chi connectivity index (χ4v) is 4.43. The molecule has 0 aliphatic carbocycles. The van der Waals surface area contributed by atoms with Crippen LogP contribution in [0.1, 0.15) is 10.4 Å². The quantitative estimate of drug-likeness (QED) is 0.440. The van der Waals surface area contributed by atoms with E-state index in [1.54, 1.807) is 18.5 Å². The van der Waals surface area contributed by atoms with Crippen LogP contribution in [0.15, 0.2) is 95.0 Å². The molecular formula is C23H15N3O2S. The van der Waals surface area contributed by atoms with Gasteiger partial charge < -0.3 is 5.11 Å². The molecule has 0 aliphatic rings. The summed E-state index contributed by atoms with van der Waals surface area (Å²) in [6.45, 7) is 0. The van der Waals surface area contributed by atoms with Gasteiger partial charge in [0.25, 0.3) is 0 Å². The van der Waals surface area contributed by atoms with Crippen LogP contribution in [0.3, 0.4) is 0 Å². The zero-order valence-corrected chi connectivity index (χ0v) is 16.0.